The van der Waals surface area contributed by atoms with Crippen molar-refractivity contribution >= 4 is 0 Å². The highest BCUT2D eigenvalue weighted by atomic mass is 16.5. The lowest BCUT2D eigenvalue weighted by molar-refractivity contribution is 0.277. The summed E-state index contributed by atoms with van der Waals surface area (Å²) in [5, 5.41) is 17.7. The van der Waals surface area contributed by atoms with E-state index < -0.39 is 0 Å². The maximum Gasteiger partial charge on any atom is 0.118 e. The predicted molar refractivity (Wildman–Crippen MR) is 82.1 cm³/mol. The average Bonchev–Trinajstić information content (AvgIpc) is 2.94. The van der Waals surface area contributed by atoms with Gasteiger partial charge in [-0.3, -0.25) is 0 Å². The second-order valence-corrected chi connectivity index (χ2v) is 5.06. The lowest BCUT2D eigenvalue weighted by Gasteiger charge is -2.08. The molecule has 2 aromatic rings. The number of aliphatic hydroxyl groups is 1. The fraction of sp³-hybridized carbons (Fsp3) is 0.500. The summed E-state index contributed by atoms with van der Waals surface area (Å²) in [7, 11) is 1.65. The zero-order chi connectivity index (χ0) is 15.1. The van der Waals surface area contributed by atoms with Gasteiger partial charge in [0.15, 0.2) is 0 Å². The molecule has 1 N–H and O–H groups in total. The van der Waals surface area contributed by atoms with Crippen LogP contribution in [0.1, 0.15) is 38.3 Å². The molecule has 0 saturated heterocycles. The zero-order valence-corrected chi connectivity index (χ0v) is 12.7. The number of unbranched alkanes of at least 4 members (excludes halogenated alkanes) is 3. The van der Waals surface area contributed by atoms with Gasteiger partial charge in [-0.2, -0.15) is 0 Å². The summed E-state index contributed by atoms with van der Waals surface area (Å²) in [5.41, 5.74) is 2.52. The number of methoxy groups -OCH3 is 1. The zero-order valence-electron chi connectivity index (χ0n) is 12.7. The van der Waals surface area contributed by atoms with Gasteiger partial charge >= 0.3 is 0 Å². The van der Waals surface area contributed by atoms with E-state index in [0.717, 1.165) is 30.0 Å². The molecule has 0 aliphatic rings. The first-order chi connectivity index (χ1) is 10.3. The molecular formula is C16H23N3O2. The smallest absolute Gasteiger partial charge is 0.118 e. The molecule has 0 saturated carbocycles. The number of aliphatic hydroxyl groups excluding tert-OH is 1. The van der Waals surface area contributed by atoms with E-state index in [1.54, 1.807) is 7.11 Å². The first-order valence-corrected chi connectivity index (χ1v) is 7.47. The molecule has 114 valence electrons. The van der Waals surface area contributed by atoms with Crippen molar-refractivity contribution in [3.8, 4) is 17.0 Å². The van der Waals surface area contributed by atoms with E-state index >= 15 is 0 Å². The van der Waals surface area contributed by atoms with Gasteiger partial charge in [0.05, 0.1) is 19.4 Å². The van der Waals surface area contributed by atoms with Crippen LogP contribution in [-0.4, -0.2) is 27.2 Å². The molecule has 0 aliphatic carbocycles. The maximum atomic E-state index is 9.46. The first kappa shape index (κ1) is 15.5. The Labute approximate surface area is 125 Å². The first-order valence-electron chi connectivity index (χ1n) is 7.47. The van der Waals surface area contributed by atoms with Gasteiger partial charge < -0.3 is 9.84 Å². The van der Waals surface area contributed by atoms with Crippen LogP contribution < -0.4 is 4.74 Å². The Kier molecular flexibility index (Phi) is 5.75. The molecule has 0 radical (unpaired) electrons. The van der Waals surface area contributed by atoms with Crippen molar-refractivity contribution in [2.45, 2.75) is 45.8 Å². The maximum absolute atomic E-state index is 9.46. The van der Waals surface area contributed by atoms with Gasteiger partial charge in [-0.25, -0.2) is 4.68 Å². The van der Waals surface area contributed by atoms with Crippen LogP contribution in [-0.2, 0) is 13.2 Å². The van der Waals surface area contributed by atoms with Crippen molar-refractivity contribution in [1.29, 1.82) is 0 Å². The van der Waals surface area contributed by atoms with Gasteiger partial charge in [-0.05, 0) is 30.7 Å². The Morgan fingerprint density at radius 3 is 2.52 bits per heavy atom. The highest BCUT2D eigenvalue weighted by molar-refractivity contribution is 5.62. The van der Waals surface area contributed by atoms with E-state index in [1.165, 1.54) is 19.3 Å². The molecule has 1 aromatic heterocycles. The molecule has 0 atom stereocenters. The van der Waals surface area contributed by atoms with Crippen molar-refractivity contribution in [2.75, 3.05) is 7.11 Å². The van der Waals surface area contributed by atoms with Gasteiger partial charge in [0.1, 0.15) is 11.4 Å². The van der Waals surface area contributed by atoms with Gasteiger partial charge in [-0.1, -0.05) is 31.4 Å². The quantitative estimate of drug-likeness (QED) is 0.759. The molecule has 1 aromatic carbocycles. The Bertz CT molecular complexity index is 549. The normalized spacial score (nSPS) is 10.8. The Morgan fingerprint density at radius 1 is 1.14 bits per heavy atom. The van der Waals surface area contributed by atoms with Crippen LogP contribution in [0, 0.1) is 0 Å². The monoisotopic (exact) mass is 289 g/mol. The minimum atomic E-state index is -0.101. The lowest BCUT2D eigenvalue weighted by atomic mass is 10.1. The fourth-order valence-electron chi connectivity index (χ4n) is 2.36. The second kappa shape index (κ2) is 7.78. The SMILES string of the molecule is CCCCCCn1nnc(CO)c1-c1ccc(OC)cc1. The summed E-state index contributed by atoms with van der Waals surface area (Å²) < 4.78 is 7.07. The van der Waals surface area contributed by atoms with Crippen LogP contribution in [0.3, 0.4) is 0 Å². The standard InChI is InChI=1S/C16H23N3O2/c1-3-4-5-6-11-19-16(15(12-20)17-18-19)13-7-9-14(21-2)10-8-13/h7-10,20H,3-6,11-12H2,1-2H3. The summed E-state index contributed by atoms with van der Waals surface area (Å²) in [6.07, 6.45) is 4.71. The summed E-state index contributed by atoms with van der Waals surface area (Å²) in [4.78, 5) is 0. The summed E-state index contributed by atoms with van der Waals surface area (Å²) in [6, 6.07) is 7.76. The predicted octanol–water partition coefficient (Wildman–Crippen LogP) is 3.03. The minimum Gasteiger partial charge on any atom is -0.497 e. The van der Waals surface area contributed by atoms with Crippen molar-refractivity contribution in [2.24, 2.45) is 0 Å². The molecule has 0 amide bonds. The van der Waals surface area contributed by atoms with Gasteiger partial charge in [0, 0.05) is 12.1 Å². The summed E-state index contributed by atoms with van der Waals surface area (Å²) in [6.45, 7) is 2.92. The molecule has 0 bridgehead atoms. The second-order valence-electron chi connectivity index (χ2n) is 5.06. The third kappa shape index (κ3) is 3.82. The number of benzene rings is 1. The van der Waals surface area contributed by atoms with E-state index in [-0.39, 0.29) is 6.61 Å². The largest absolute Gasteiger partial charge is 0.497 e. The van der Waals surface area contributed by atoms with E-state index in [2.05, 4.69) is 17.2 Å². The van der Waals surface area contributed by atoms with E-state index in [4.69, 9.17) is 4.74 Å². The van der Waals surface area contributed by atoms with Crippen LogP contribution in [0.5, 0.6) is 5.75 Å². The molecule has 1 heterocycles. The van der Waals surface area contributed by atoms with Crippen LogP contribution >= 0.6 is 0 Å². The number of aromatic nitrogens is 3. The highest BCUT2D eigenvalue weighted by Crippen LogP contribution is 2.25. The third-order valence-electron chi connectivity index (χ3n) is 3.54. The molecule has 0 spiro atoms. The van der Waals surface area contributed by atoms with E-state index in [1.807, 2.05) is 28.9 Å². The number of aryl methyl sites for hydroxylation is 1. The number of ether oxygens (including phenoxy) is 1. The Balaban J connectivity index is 2.20. The number of hydrogen-bond donors (Lipinski definition) is 1. The lowest BCUT2D eigenvalue weighted by Crippen LogP contribution is -2.03. The third-order valence-corrected chi connectivity index (χ3v) is 3.54. The molecule has 2 rings (SSSR count). The average molecular weight is 289 g/mol. The Morgan fingerprint density at radius 2 is 1.90 bits per heavy atom. The van der Waals surface area contributed by atoms with Gasteiger partial charge in [0.25, 0.3) is 0 Å². The van der Waals surface area contributed by atoms with Crippen LogP contribution in [0.2, 0.25) is 0 Å². The van der Waals surface area contributed by atoms with Crippen molar-refractivity contribution in [3.63, 3.8) is 0 Å². The van der Waals surface area contributed by atoms with Crippen molar-refractivity contribution < 1.29 is 9.84 Å². The molecule has 0 aliphatic heterocycles. The van der Waals surface area contributed by atoms with Crippen LogP contribution in [0.15, 0.2) is 24.3 Å². The van der Waals surface area contributed by atoms with E-state index in [0.29, 0.717) is 5.69 Å². The molecule has 0 unspecified atom stereocenters. The van der Waals surface area contributed by atoms with E-state index in [9.17, 15) is 5.11 Å². The molecule has 5 heteroatoms. The molecule has 5 nitrogen and oxygen atoms in total. The van der Waals surface area contributed by atoms with Crippen molar-refractivity contribution in [3.05, 3.63) is 30.0 Å². The number of nitrogens with zero attached hydrogens (tertiary/aromatic N) is 3. The van der Waals surface area contributed by atoms with Crippen LogP contribution in [0.4, 0.5) is 0 Å². The van der Waals surface area contributed by atoms with Crippen LogP contribution in [0.25, 0.3) is 11.3 Å². The fourth-order valence-corrected chi connectivity index (χ4v) is 2.36. The molecule has 21 heavy (non-hydrogen) atoms. The minimum absolute atomic E-state index is 0.101. The van der Waals surface area contributed by atoms with Crippen molar-refractivity contribution in [1.82, 2.24) is 15.0 Å². The van der Waals surface area contributed by atoms with Gasteiger partial charge in [-0.15, -0.1) is 5.10 Å². The Hall–Kier alpha value is -1.88. The number of hydrogen-bond acceptors (Lipinski definition) is 4. The molecule has 0 fully saturated rings. The summed E-state index contributed by atoms with van der Waals surface area (Å²) in [5.74, 6) is 0.811. The topological polar surface area (TPSA) is 60.2 Å². The van der Waals surface area contributed by atoms with Gasteiger partial charge in [0.2, 0.25) is 0 Å². The highest BCUT2D eigenvalue weighted by Gasteiger charge is 2.14. The summed E-state index contributed by atoms with van der Waals surface area (Å²) >= 11 is 0. The molecular weight excluding hydrogens is 266 g/mol. The number of rotatable bonds is 8.